The Balaban J connectivity index is 1.28. The van der Waals surface area contributed by atoms with Gasteiger partial charge in [-0.2, -0.15) is 0 Å². The van der Waals surface area contributed by atoms with Crippen LogP contribution in [-0.4, -0.2) is 140 Å². The van der Waals surface area contributed by atoms with E-state index >= 15 is 9.59 Å². The SMILES string of the molecule is CCCC[C@H](NC(C)=O)C(=O)N1[C@H](C(N)=O)CCCCNC(=O)[C@H](Cc2c[nH]c3ccccc23)NC(=O)[C@@H]2CCCN2C(=O)[C@@H](Cc2ccc(-c3ccccc3)cc2)NC(=O)[C@@H]2CCCN2C(=O)[C@@H]1CC(=O)O. The first-order chi connectivity index (χ1) is 35.1. The number of primary amides is 1. The van der Waals surface area contributed by atoms with Gasteiger partial charge in [0.25, 0.3) is 0 Å². The molecule has 0 spiro atoms. The third kappa shape index (κ3) is 13.1. The van der Waals surface area contributed by atoms with Gasteiger partial charge in [-0.1, -0.05) is 92.6 Å². The molecule has 8 amide bonds. The number of carboxylic acids is 1. The summed E-state index contributed by atoms with van der Waals surface area (Å²) in [6.07, 6.45) is 3.45. The van der Waals surface area contributed by atoms with Gasteiger partial charge in [0.2, 0.25) is 47.3 Å². The van der Waals surface area contributed by atoms with E-state index in [1.54, 1.807) is 6.20 Å². The van der Waals surface area contributed by atoms with Crippen LogP contribution in [0, 0.1) is 0 Å². The fourth-order valence-electron chi connectivity index (χ4n) is 10.5. The number of rotatable bonds is 13. The summed E-state index contributed by atoms with van der Waals surface area (Å²) in [7, 11) is 0. The maximum Gasteiger partial charge on any atom is 0.305 e. The number of fused-ring (bicyclic) bond motifs is 3. The molecule has 73 heavy (non-hydrogen) atoms. The number of nitrogens with two attached hydrogens (primary N) is 1. The molecule has 0 bridgehead atoms. The Hall–Kier alpha value is -7.57. The van der Waals surface area contributed by atoms with Crippen molar-refractivity contribution in [2.24, 2.45) is 5.73 Å². The van der Waals surface area contributed by atoms with Crippen molar-refractivity contribution in [1.29, 1.82) is 0 Å². The molecule has 3 fully saturated rings. The molecule has 0 saturated carbocycles. The Morgan fingerprint density at radius 1 is 0.740 bits per heavy atom. The average Bonchev–Trinajstić information content (AvgIpc) is 4.17. The number of H-pyrrole nitrogens is 1. The summed E-state index contributed by atoms with van der Waals surface area (Å²) in [6.45, 7) is 3.30. The van der Waals surface area contributed by atoms with Crippen molar-refractivity contribution < 1.29 is 48.3 Å². The van der Waals surface area contributed by atoms with Crippen molar-refractivity contribution in [3.8, 4) is 11.1 Å². The summed E-state index contributed by atoms with van der Waals surface area (Å²) in [5.41, 5.74) is 10.2. The monoisotopic (exact) mass is 1000 g/mol. The van der Waals surface area contributed by atoms with E-state index in [4.69, 9.17) is 5.73 Å². The fourth-order valence-corrected chi connectivity index (χ4v) is 10.5. The van der Waals surface area contributed by atoms with E-state index in [1.165, 1.54) is 16.7 Å². The van der Waals surface area contributed by atoms with Gasteiger partial charge in [-0.15, -0.1) is 0 Å². The van der Waals surface area contributed by atoms with Crippen LogP contribution in [0.1, 0.15) is 95.6 Å². The molecule has 8 N–H and O–H groups in total. The molecule has 3 aliphatic rings. The van der Waals surface area contributed by atoms with E-state index in [-0.39, 0.29) is 64.6 Å². The van der Waals surface area contributed by atoms with E-state index < -0.39 is 102 Å². The van der Waals surface area contributed by atoms with Crippen LogP contribution in [0.3, 0.4) is 0 Å². The van der Waals surface area contributed by atoms with Crippen LogP contribution in [0.2, 0.25) is 0 Å². The normalized spacial score (nSPS) is 23.1. The van der Waals surface area contributed by atoms with Gasteiger partial charge in [0.1, 0.15) is 42.3 Å². The highest BCUT2D eigenvalue weighted by Gasteiger charge is 2.47. The minimum absolute atomic E-state index is 0.0107. The minimum atomic E-state index is -1.85. The largest absolute Gasteiger partial charge is 0.481 e. The predicted molar refractivity (Wildman–Crippen MR) is 271 cm³/mol. The lowest BCUT2D eigenvalue weighted by atomic mass is 9.98. The van der Waals surface area contributed by atoms with Crippen molar-refractivity contribution >= 4 is 64.1 Å². The first kappa shape index (κ1) is 53.2. The Kier molecular flexibility index (Phi) is 18.0. The van der Waals surface area contributed by atoms with Crippen LogP contribution in [0.5, 0.6) is 0 Å². The Morgan fingerprint density at radius 2 is 1.37 bits per heavy atom. The Bertz CT molecular complexity index is 2660. The number of carboxylic acid groups (broad SMARTS) is 1. The zero-order valence-corrected chi connectivity index (χ0v) is 41.5. The van der Waals surface area contributed by atoms with Gasteiger partial charge in [0.15, 0.2) is 0 Å². The highest BCUT2D eigenvalue weighted by molar-refractivity contribution is 6.00. The second kappa shape index (κ2) is 24.7. The molecule has 3 aromatic carbocycles. The van der Waals surface area contributed by atoms with Gasteiger partial charge in [-0.25, -0.2) is 0 Å². The van der Waals surface area contributed by atoms with Gasteiger partial charge >= 0.3 is 5.97 Å². The number of hydrogen-bond acceptors (Lipinski definition) is 9. The number of aliphatic carboxylic acids is 1. The molecular formula is C54H67N9O10. The first-order valence-corrected chi connectivity index (χ1v) is 25.4. The molecule has 19 nitrogen and oxygen atoms in total. The van der Waals surface area contributed by atoms with E-state index in [0.717, 1.165) is 32.5 Å². The number of unbranched alkanes of at least 4 members (excludes halogenated alkanes) is 1. The number of benzene rings is 3. The van der Waals surface area contributed by atoms with Crippen molar-refractivity contribution in [1.82, 2.24) is 41.0 Å². The molecule has 3 saturated heterocycles. The molecule has 7 atom stereocenters. The van der Waals surface area contributed by atoms with Gasteiger partial charge in [0.05, 0.1) is 6.42 Å². The topological polar surface area (TPSA) is 274 Å². The second-order valence-corrected chi connectivity index (χ2v) is 19.3. The van der Waals surface area contributed by atoms with Crippen molar-refractivity contribution in [2.45, 2.75) is 140 Å². The average molecular weight is 1000 g/mol. The number of carbonyl (C=O) groups excluding carboxylic acids is 8. The summed E-state index contributed by atoms with van der Waals surface area (Å²) >= 11 is 0. The van der Waals surface area contributed by atoms with E-state index in [1.807, 2.05) is 85.8 Å². The molecule has 0 radical (unpaired) electrons. The molecule has 388 valence electrons. The zero-order chi connectivity index (χ0) is 52.2. The van der Waals surface area contributed by atoms with Gasteiger partial charge < -0.3 is 51.8 Å². The number of aromatic amines is 1. The van der Waals surface area contributed by atoms with E-state index in [9.17, 15) is 38.7 Å². The number of nitrogens with zero attached hydrogens (tertiary/aromatic N) is 3. The zero-order valence-electron chi connectivity index (χ0n) is 41.5. The van der Waals surface area contributed by atoms with Crippen molar-refractivity contribution in [3.63, 3.8) is 0 Å². The predicted octanol–water partition coefficient (Wildman–Crippen LogP) is 3.09. The smallest absolute Gasteiger partial charge is 0.305 e. The summed E-state index contributed by atoms with van der Waals surface area (Å²) in [5, 5.41) is 22.6. The van der Waals surface area contributed by atoms with Gasteiger partial charge in [-0.3, -0.25) is 43.2 Å². The lowest BCUT2D eigenvalue weighted by Crippen LogP contribution is -2.63. The molecule has 7 rings (SSSR count). The summed E-state index contributed by atoms with van der Waals surface area (Å²) in [6, 6.07) is 15.5. The van der Waals surface area contributed by atoms with E-state index in [2.05, 4.69) is 26.3 Å². The molecule has 0 aliphatic carbocycles. The van der Waals surface area contributed by atoms with Crippen LogP contribution in [0.4, 0.5) is 0 Å². The maximum atomic E-state index is 15.1. The molecule has 3 aliphatic heterocycles. The van der Waals surface area contributed by atoms with Crippen LogP contribution < -0.4 is 27.0 Å². The highest BCUT2D eigenvalue weighted by atomic mass is 16.4. The fraction of sp³-hybridized carbons (Fsp3) is 0.463. The Morgan fingerprint density at radius 3 is 2.01 bits per heavy atom. The van der Waals surface area contributed by atoms with Crippen molar-refractivity contribution in [3.05, 3.63) is 96.2 Å². The van der Waals surface area contributed by atoms with E-state index in [0.29, 0.717) is 37.7 Å². The van der Waals surface area contributed by atoms with Crippen LogP contribution in [-0.2, 0) is 56.0 Å². The van der Waals surface area contributed by atoms with Crippen molar-refractivity contribution in [2.75, 3.05) is 19.6 Å². The van der Waals surface area contributed by atoms with Gasteiger partial charge in [-0.05, 0) is 79.7 Å². The molecule has 19 heteroatoms. The summed E-state index contributed by atoms with van der Waals surface area (Å²) < 4.78 is 0. The van der Waals surface area contributed by atoms with Crippen LogP contribution in [0.15, 0.2) is 85.1 Å². The third-order valence-electron chi connectivity index (χ3n) is 14.2. The maximum absolute atomic E-state index is 15.1. The number of carbonyl (C=O) groups is 9. The summed E-state index contributed by atoms with van der Waals surface area (Å²) in [4.78, 5) is 134. The Labute approximate surface area is 424 Å². The second-order valence-electron chi connectivity index (χ2n) is 19.3. The number of amides is 8. The number of hydrogen-bond donors (Lipinski definition) is 7. The highest BCUT2D eigenvalue weighted by Crippen LogP contribution is 2.28. The molecule has 0 unspecified atom stereocenters. The van der Waals surface area contributed by atoms with Crippen LogP contribution in [0.25, 0.3) is 22.0 Å². The lowest BCUT2D eigenvalue weighted by Gasteiger charge is -2.40. The quantitative estimate of drug-likeness (QED) is 0.103. The first-order valence-electron chi connectivity index (χ1n) is 25.4. The van der Waals surface area contributed by atoms with Crippen LogP contribution >= 0.6 is 0 Å². The summed E-state index contributed by atoms with van der Waals surface area (Å²) in [5.74, 6) is -7.24. The minimum Gasteiger partial charge on any atom is -0.481 e. The van der Waals surface area contributed by atoms with Gasteiger partial charge in [0, 0.05) is 56.5 Å². The molecule has 1 aromatic heterocycles. The standard InChI is InChI=1S/C54H67N9O10/c1-3-4-17-40(58-33(2)64)53(72)63-43(48(55)67)19-10-11-26-56-49(68)41(30-37-32-57-39-18-9-8-16-38(37)39)59-50(69)44-20-12-27-61(44)52(71)42(29-34-22-24-36(25-23-34)35-14-6-5-7-15-35)60-51(70)45-21-13-28-62(45)54(73)46(63)31-47(65)66/h5-9,14-16,18,22-25,32,40-46,57H,3-4,10-13,17,19-21,26-31H2,1-2H3,(H2,55,67)(H,56,68)(H,58,64)(H,59,69)(H,60,70)(H,65,66)/t40-,41-,42+,43-,44-,45-,46-/m0/s1. The number of para-hydroxylation sites is 1. The lowest BCUT2D eigenvalue weighted by molar-refractivity contribution is -0.158. The number of aromatic nitrogens is 1. The molecule has 4 heterocycles. The third-order valence-corrected chi connectivity index (χ3v) is 14.2. The molecule has 4 aromatic rings. The molecular weight excluding hydrogens is 935 g/mol. The number of nitrogens with one attached hydrogen (secondary N) is 5.